The molecule has 108 valence electrons. The van der Waals surface area contributed by atoms with Crippen molar-refractivity contribution < 1.29 is 8.42 Å². The van der Waals surface area contributed by atoms with Gasteiger partial charge in [0.1, 0.15) is 5.82 Å². The number of rotatable bonds is 2. The van der Waals surface area contributed by atoms with Crippen LogP contribution in [0.3, 0.4) is 0 Å². The van der Waals surface area contributed by atoms with Gasteiger partial charge in [0.2, 0.25) is 0 Å². The smallest absolute Gasteiger partial charge is 0.175 e. The predicted octanol–water partition coefficient (Wildman–Crippen LogP) is 4.05. The van der Waals surface area contributed by atoms with Gasteiger partial charge in [0.05, 0.1) is 21.0 Å². The quantitative estimate of drug-likeness (QED) is 0.724. The maximum Gasteiger partial charge on any atom is 0.175 e. The molecule has 2 aromatic carbocycles. The fraction of sp³-hybridized carbons (Fsp3) is 0.0714. The van der Waals surface area contributed by atoms with E-state index in [1.165, 1.54) is 6.26 Å². The lowest BCUT2D eigenvalue weighted by molar-refractivity contribution is 0.602. The predicted molar refractivity (Wildman–Crippen MR) is 87.3 cm³/mol. The van der Waals surface area contributed by atoms with Gasteiger partial charge in [-0.1, -0.05) is 11.6 Å². The second-order valence-electron chi connectivity index (χ2n) is 4.67. The Hall–Kier alpha value is -1.37. The number of fused-ring (bicyclic) bond motifs is 1. The Bertz CT molecular complexity index is 951. The van der Waals surface area contributed by atoms with Crippen molar-refractivity contribution in [3.8, 4) is 11.4 Å². The minimum Gasteiger partial charge on any atom is -0.338 e. The normalized spacial score (nSPS) is 12.0. The maximum absolute atomic E-state index is 11.6. The third-order valence-electron chi connectivity index (χ3n) is 3.07. The summed E-state index contributed by atoms with van der Waals surface area (Å²) in [5, 5.41) is 0.620. The lowest BCUT2D eigenvalue weighted by Gasteiger charge is -1.99. The van der Waals surface area contributed by atoms with Gasteiger partial charge in [-0.05, 0) is 52.3 Å². The Kier molecular flexibility index (Phi) is 3.55. The molecule has 0 fully saturated rings. The summed E-state index contributed by atoms with van der Waals surface area (Å²) in [6, 6.07) is 10.3. The van der Waals surface area contributed by atoms with E-state index in [-0.39, 0.29) is 4.90 Å². The second-order valence-corrected chi connectivity index (χ2v) is 7.94. The summed E-state index contributed by atoms with van der Waals surface area (Å²) in [4.78, 5) is 7.86. The molecule has 0 spiro atoms. The summed E-state index contributed by atoms with van der Waals surface area (Å²) in [6.45, 7) is 0. The molecule has 4 nitrogen and oxygen atoms in total. The third-order valence-corrected chi connectivity index (χ3v) is 5.40. The van der Waals surface area contributed by atoms with E-state index in [4.69, 9.17) is 11.6 Å². The molecule has 0 unspecified atom stereocenters. The second kappa shape index (κ2) is 5.12. The van der Waals surface area contributed by atoms with Gasteiger partial charge in [0.25, 0.3) is 0 Å². The average Bonchev–Trinajstić information content (AvgIpc) is 2.83. The van der Waals surface area contributed by atoms with E-state index in [1.807, 2.05) is 12.1 Å². The Morgan fingerprint density at radius 3 is 2.62 bits per heavy atom. The molecule has 21 heavy (non-hydrogen) atoms. The highest BCUT2D eigenvalue weighted by Crippen LogP contribution is 2.29. The molecule has 3 rings (SSSR count). The number of aromatic nitrogens is 2. The third kappa shape index (κ3) is 2.84. The zero-order chi connectivity index (χ0) is 15.2. The van der Waals surface area contributed by atoms with Gasteiger partial charge in [-0.2, -0.15) is 0 Å². The van der Waals surface area contributed by atoms with E-state index in [0.29, 0.717) is 21.9 Å². The van der Waals surface area contributed by atoms with E-state index in [1.54, 1.807) is 24.3 Å². The topological polar surface area (TPSA) is 62.8 Å². The van der Waals surface area contributed by atoms with Crippen LogP contribution in [-0.4, -0.2) is 24.6 Å². The van der Waals surface area contributed by atoms with Crippen molar-refractivity contribution in [3.63, 3.8) is 0 Å². The molecule has 0 saturated carbocycles. The van der Waals surface area contributed by atoms with Crippen molar-refractivity contribution in [2.24, 2.45) is 0 Å². The van der Waals surface area contributed by atoms with Crippen LogP contribution in [0, 0.1) is 0 Å². The number of hydrogen-bond acceptors (Lipinski definition) is 3. The molecule has 1 N–H and O–H groups in total. The van der Waals surface area contributed by atoms with Crippen LogP contribution in [0.4, 0.5) is 0 Å². The Balaban J connectivity index is 2.14. The van der Waals surface area contributed by atoms with Crippen LogP contribution in [0.25, 0.3) is 22.4 Å². The number of benzene rings is 2. The number of imidazole rings is 1. The van der Waals surface area contributed by atoms with E-state index >= 15 is 0 Å². The average molecular weight is 386 g/mol. The van der Waals surface area contributed by atoms with Gasteiger partial charge in [0.15, 0.2) is 9.84 Å². The van der Waals surface area contributed by atoms with Gasteiger partial charge in [-0.25, -0.2) is 13.4 Å². The fourth-order valence-electron chi connectivity index (χ4n) is 2.00. The molecule has 0 radical (unpaired) electrons. The number of halogens is 2. The van der Waals surface area contributed by atoms with Gasteiger partial charge < -0.3 is 4.98 Å². The van der Waals surface area contributed by atoms with Crippen LogP contribution >= 0.6 is 27.5 Å². The zero-order valence-electron chi connectivity index (χ0n) is 10.9. The molecular weight excluding hydrogens is 376 g/mol. The van der Waals surface area contributed by atoms with E-state index in [0.717, 1.165) is 10.0 Å². The van der Waals surface area contributed by atoms with Crippen LogP contribution in [0.2, 0.25) is 5.02 Å². The Labute approximate surface area is 135 Å². The van der Waals surface area contributed by atoms with Crippen LogP contribution in [0.5, 0.6) is 0 Å². The Morgan fingerprint density at radius 1 is 1.19 bits per heavy atom. The van der Waals surface area contributed by atoms with E-state index in [9.17, 15) is 8.42 Å². The molecule has 1 heterocycles. The molecule has 0 aliphatic rings. The van der Waals surface area contributed by atoms with Crippen LogP contribution in [-0.2, 0) is 9.84 Å². The first-order chi connectivity index (χ1) is 9.84. The number of sulfone groups is 1. The monoisotopic (exact) mass is 384 g/mol. The minimum absolute atomic E-state index is 0.266. The molecule has 0 bridgehead atoms. The fourth-order valence-corrected chi connectivity index (χ4v) is 3.14. The summed E-state index contributed by atoms with van der Waals surface area (Å²) in [6.07, 6.45) is 1.18. The number of hydrogen-bond donors (Lipinski definition) is 1. The number of nitrogens with zero attached hydrogens (tertiary/aromatic N) is 1. The molecular formula is C14H10BrClN2O2S. The highest BCUT2D eigenvalue weighted by Gasteiger charge is 2.11. The first-order valence-electron chi connectivity index (χ1n) is 6.00. The van der Waals surface area contributed by atoms with E-state index in [2.05, 4.69) is 25.9 Å². The largest absolute Gasteiger partial charge is 0.338 e. The molecule has 0 aliphatic heterocycles. The van der Waals surface area contributed by atoms with Crippen LogP contribution in [0.15, 0.2) is 45.8 Å². The summed E-state index contributed by atoms with van der Waals surface area (Å²) < 4.78 is 23.9. The zero-order valence-corrected chi connectivity index (χ0v) is 14.1. The minimum atomic E-state index is -3.23. The highest BCUT2D eigenvalue weighted by atomic mass is 79.9. The lowest BCUT2D eigenvalue weighted by atomic mass is 10.2. The molecule has 0 saturated heterocycles. The SMILES string of the molecule is CS(=O)(=O)c1ccc2nc(-c3ccc(Cl)c(Br)c3)[nH]c2c1. The summed E-state index contributed by atoms with van der Waals surface area (Å²) in [7, 11) is -3.23. The maximum atomic E-state index is 11.6. The van der Waals surface area contributed by atoms with Crippen molar-refractivity contribution in [2.45, 2.75) is 4.90 Å². The molecule has 0 atom stereocenters. The number of aromatic amines is 1. The summed E-state index contributed by atoms with van der Waals surface area (Å²) >= 11 is 9.35. The first-order valence-corrected chi connectivity index (χ1v) is 9.06. The molecule has 1 aromatic heterocycles. The highest BCUT2D eigenvalue weighted by molar-refractivity contribution is 9.10. The lowest BCUT2D eigenvalue weighted by Crippen LogP contribution is -1.96. The van der Waals surface area contributed by atoms with Crippen LogP contribution < -0.4 is 0 Å². The summed E-state index contributed by atoms with van der Waals surface area (Å²) in [5.74, 6) is 0.660. The summed E-state index contributed by atoms with van der Waals surface area (Å²) in [5.41, 5.74) is 2.26. The van der Waals surface area contributed by atoms with E-state index < -0.39 is 9.84 Å². The molecule has 0 amide bonds. The first kappa shape index (κ1) is 14.6. The van der Waals surface area contributed by atoms with Gasteiger partial charge in [-0.15, -0.1) is 0 Å². The number of H-pyrrole nitrogens is 1. The standard InChI is InChI=1S/C14H10BrClN2O2S/c1-21(19,20)9-3-5-12-13(7-9)18-14(17-12)8-2-4-11(16)10(15)6-8/h2-7H,1H3,(H,17,18). The van der Waals surface area contributed by atoms with Crippen molar-refractivity contribution in [3.05, 3.63) is 45.9 Å². The van der Waals surface area contributed by atoms with Crippen molar-refractivity contribution >= 4 is 48.4 Å². The number of nitrogens with one attached hydrogen (secondary N) is 1. The molecule has 0 aliphatic carbocycles. The van der Waals surface area contributed by atoms with Crippen molar-refractivity contribution in [2.75, 3.05) is 6.26 Å². The van der Waals surface area contributed by atoms with Gasteiger partial charge in [-0.3, -0.25) is 0 Å². The van der Waals surface area contributed by atoms with Crippen LogP contribution in [0.1, 0.15) is 0 Å². The van der Waals surface area contributed by atoms with Crippen molar-refractivity contribution in [1.82, 2.24) is 9.97 Å². The molecule has 3 aromatic rings. The van der Waals surface area contributed by atoms with Gasteiger partial charge in [0, 0.05) is 16.3 Å². The molecule has 7 heteroatoms. The Morgan fingerprint density at radius 2 is 1.95 bits per heavy atom. The van der Waals surface area contributed by atoms with Gasteiger partial charge >= 0.3 is 0 Å². The van der Waals surface area contributed by atoms with Crippen molar-refractivity contribution in [1.29, 1.82) is 0 Å².